The maximum Gasteiger partial charge on any atom is 0.328 e. The molecule has 210 valence electrons. The molecule has 0 radical (unpaired) electrons. The molecule has 1 fully saturated rings. The SMILES string of the molecule is Cc1c(COc2ccc(CN3CCCC[C@H]3C(=O)NC(CO)C(=O)O)cc2[N+](=O)[O-])cccc1-c1ccccc1. The molecular formula is C30H33N3O7. The fourth-order valence-corrected chi connectivity index (χ4v) is 5.02. The Kier molecular flexibility index (Phi) is 9.47. The topological polar surface area (TPSA) is 142 Å². The third-order valence-electron chi connectivity index (χ3n) is 7.23. The van der Waals surface area contributed by atoms with Crippen LogP contribution >= 0.6 is 0 Å². The first-order valence-electron chi connectivity index (χ1n) is 13.2. The number of aliphatic carboxylic acids is 1. The summed E-state index contributed by atoms with van der Waals surface area (Å²) < 4.78 is 5.94. The van der Waals surface area contributed by atoms with Crippen LogP contribution in [0.1, 0.15) is 36.0 Å². The first-order valence-corrected chi connectivity index (χ1v) is 13.2. The van der Waals surface area contributed by atoms with E-state index < -0.39 is 35.5 Å². The number of benzene rings is 3. The largest absolute Gasteiger partial charge is 0.482 e. The summed E-state index contributed by atoms with van der Waals surface area (Å²) >= 11 is 0. The smallest absolute Gasteiger partial charge is 0.328 e. The van der Waals surface area contributed by atoms with Gasteiger partial charge >= 0.3 is 11.7 Å². The summed E-state index contributed by atoms with van der Waals surface area (Å²) in [6.45, 7) is 2.31. The molecule has 3 aromatic rings. The minimum Gasteiger partial charge on any atom is -0.482 e. The van der Waals surface area contributed by atoms with Crippen LogP contribution in [0.25, 0.3) is 11.1 Å². The third-order valence-corrected chi connectivity index (χ3v) is 7.23. The number of nitrogens with zero attached hydrogens (tertiary/aromatic N) is 2. The number of aliphatic hydroxyl groups is 1. The zero-order valence-electron chi connectivity index (χ0n) is 22.3. The molecule has 3 N–H and O–H groups in total. The summed E-state index contributed by atoms with van der Waals surface area (Å²) in [6, 6.07) is 18.7. The number of nitrogens with one attached hydrogen (secondary N) is 1. The van der Waals surface area contributed by atoms with Crippen molar-refractivity contribution in [1.82, 2.24) is 10.2 Å². The van der Waals surface area contributed by atoms with Crippen LogP contribution in [0, 0.1) is 17.0 Å². The maximum atomic E-state index is 12.8. The van der Waals surface area contributed by atoms with Crippen molar-refractivity contribution in [2.75, 3.05) is 13.2 Å². The third kappa shape index (κ3) is 6.83. The van der Waals surface area contributed by atoms with Crippen molar-refractivity contribution in [2.24, 2.45) is 0 Å². The summed E-state index contributed by atoms with van der Waals surface area (Å²) in [5.74, 6) is -1.64. The lowest BCUT2D eigenvalue weighted by molar-refractivity contribution is -0.386. The van der Waals surface area contributed by atoms with Gasteiger partial charge in [0.1, 0.15) is 12.6 Å². The Morgan fingerprint density at radius 3 is 2.60 bits per heavy atom. The van der Waals surface area contributed by atoms with Crippen molar-refractivity contribution < 1.29 is 29.5 Å². The highest BCUT2D eigenvalue weighted by molar-refractivity contribution is 5.87. The monoisotopic (exact) mass is 547 g/mol. The molecule has 10 nitrogen and oxygen atoms in total. The molecule has 2 atom stereocenters. The van der Waals surface area contributed by atoms with Crippen LogP contribution in [0.4, 0.5) is 5.69 Å². The van der Waals surface area contributed by atoms with Gasteiger partial charge in [0.15, 0.2) is 5.75 Å². The standard InChI is InChI=1S/C30H33N3O7/c1-20-23(10-7-11-24(20)22-8-3-2-4-9-22)19-40-28-14-13-21(16-27(28)33(38)39)17-32-15-6-5-12-26(32)29(35)31-25(18-34)30(36)37/h2-4,7-11,13-14,16,25-26,34H,5-6,12,15,17-19H2,1H3,(H,31,35)(H,36,37)/t25?,26-/m0/s1. The van der Waals surface area contributed by atoms with Crippen LogP contribution < -0.4 is 10.1 Å². The minimum atomic E-state index is -1.38. The summed E-state index contributed by atoms with van der Waals surface area (Å²) in [7, 11) is 0. The summed E-state index contributed by atoms with van der Waals surface area (Å²) in [4.78, 5) is 37.4. The quantitative estimate of drug-likeness (QED) is 0.241. The Balaban J connectivity index is 1.49. The van der Waals surface area contributed by atoms with Gasteiger partial charge in [0.05, 0.1) is 17.6 Å². The normalized spacial score (nSPS) is 16.2. The lowest BCUT2D eigenvalue weighted by atomic mass is 9.97. The molecule has 3 aromatic carbocycles. The number of aliphatic hydroxyl groups excluding tert-OH is 1. The predicted octanol–water partition coefficient (Wildman–Crippen LogP) is 4.07. The van der Waals surface area contributed by atoms with E-state index in [4.69, 9.17) is 9.84 Å². The second-order valence-electron chi connectivity index (χ2n) is 9.87. The van der Waals surface area contributed by atoms with E-state index in [1.165, 1.54) is 6.07 Å². The van der Waals surface area contributed by atoms with E-state index in [1.54, 1.807) is 12.1 Å². The van der Waals surface area contributed by atoms with Crippen molar-refractivity contribution in [3.8, 4) is 16.9 Å². The van der Waals surface area contributed by atoms with Crippen LogP contribution in [0.2, 0.25) is 0 Å². The number of rotatable bonds is 11. The van der Waals surface area contributed by atoms with Gasteiger partial charge in [-0.3, -0.25) is 19.8 Å². The van der Waals surface area contributed by atoms with Crippen LogP contribution in [0.3, 0.4) is 0 Å². The Morgan fingerprint density at radius 1 is 1.12 bits per heavy atom. The van der Waals surface area contributed by atoms with E-state index in [2.05, 4.69) is 5.32 Å². The highest BCUT2D eigenvalue weighted by Gasteiger charge is 2.31. The number of hydrogen-bond acceptors (Lipinski definition) is 7. The number of nitro benzene ring substituents is 1. The van der Waals surface area contributed by atoms with Gasteiger partial charge in [0.2, 0.25) is 5.91 Å². The van der Waals surface area contributed by atoms with Crippen LogP contribution in [0.5, 0.6) is 5.75 Å². The summed E-state index contributed by atoms with van der Waals surface area (Å²) in [5, 5.41) is 32.8. The van der Waals surface area contributed by atoms with Crippen molar-refractivity contribution in [2.45, 2.75) is 51.4 Å². The number of hydrogen-bond donors (Lipinski definition) is 3. The van der Waals surface area contributed by atoms with Gasteiger partial charge in [-0.05, 0) is 60.2 Å². The average Bonchev–Trinajstić information content (AvgIpc) is 2.96. The molecule has 40 heavy (non-hydrogen) atoms. The van der Waals surface area contributed by atoms with E-state index in [0.717, 1.165) is 35.1 Å². The second kappa shape index (κ2) is 13.2. The Hall–Kier alpha value is -4.28. The Labute approximate surface area is 232 Å². The lowest BCUT2D eigenvalue weighted by Crippen LogP contribution is -2.53. The molecule has 0 bridgehead atoms. The molecule has 0 spiro atoms. The minimum absolute atomic E-state index is 0.151. The van der Waals surface area contributed by atoms with Crippen molar-refractivity contribution in [3.63, 3.8) is 0 Å². The molecule has 0 aliphatic carbocycles. The number of carbonyl (C=O) groups is 2. The zero-order valence-corrected chi connectivity index (χ0v) is 22.3. The number of carboxylic acid groups (broad SMARTS) is 1. The van der Waals surface area contributed by atoms with E-state index in [1.807, 2.05) is 60.4 Å². The van der Waals surface area contributed by atoms with Crippen molar-refractivity contribution >= 4 is 17.6 Å². The molecule has 10 heteroatoms. The Morgan fingerprint density at radius 2 is 1.90 bits per heavy atom. The fraction of sp³-hybridized carbons (Fsp3) is 0.333. The summed E-state index contributed by atoms with van der Waals surface area (Å²) in [5.41, 5.74) is 4.58. The van der Waals surface area contributed by atoms with Gasteiger partial charge < -0.3 is 20.3 Å². The van der Waals surface area contributed by atoms with Crippen LogP contribution in [-0.4, -0.2) is 57.1 Å². The highest BCUT2D eigenvalue weighted by atomic mass is 16.6. The molecule has 0 aromatic heterocycles. The van der Waals surface area contributed by atoms with Crippen molar-refractivity contribution in [1.29, 1.82) is 0 Å². The maximum absolute atomic E-state index is 12.8. The summed E-state index contributed by atoms with van der Waals surface area (Å²) in [6.07, 6.45) is 2.16. The molecule has 1 saturated heterocycles. The molecule has 1 aliphatic rings. The first-order chi connectivity index (χ1) is 19.3. The van der Waals surface area contributed by atoms with Gasteiger partial charge in [0.25, 0.3) is 0 Å². The van der Waals surface area contributed by atoms with E-state index >= 15 is 0 Å². The molecule has 1 unspecified atom stereocenters. The number of piperidine rings is 1. The van der Waals surface area contributed by atoms with E-state index in [9.17, 15) is 24.8 Å². The van der Waals surface area contributed by atoms with Gasteiger partial charge in [-0.15, -0.1) is 0 Å². The number of nitro groups is 1. The molecular weight excluding hydrogens is 514 g/mol. The number of likely N-dealkylation sites (tertiary alicyclic amines) is 1. The van der Waals surface area contributed by atoms with Gasteiger partial charge in [-0.2, -0.15) is 0 Å². The van der Waals surface area contributed by atoms with Crippen LogP contribution in [-0.2, 0) is 22.7 Å². The van der Waals surface area contributed by atoms with E-state index in [0.29, 0.717) is 18.5 Å². The van der Waals surface area contributed by atoms with Gasteiger partial charge in [-0.1, -0.05) is 61.0 Å². The molecule has 1 heterocycles. The lowest BCUT2D eigenvalue weighted by Gasteiger charge is -2.35. The van der Waals surface area contributed by atoms with Gasteiger partial charge in [-0.25, -0.2) is 4.79 Å². The number of ether oxygens (including phenoxy) is 1. The highest BCUT2D eigenvalue weighted by Crippen LogP contribution is 2.32. The molecule has 1 amide bonds. The van der Waals surface area contributed by atoms with Gasteiger partial charge in [0, 0.05) is 12.6 Å². The van der Waals surface area contributed by atoms with Crippen molar-refractivity contribution in [3.05, 3.63) is 93.5 Å². The molecule has 4 rings (SSSR count). The predicted molar refractivity (Wildman–Crippen MR) is 149 cm³/mol. The Bertz CT molecular complexity index is 1360. The van der Waals surface area contributed by atoms with Crippen LogP contribution in [0.15, 0.2) is 66.7 Å². The number of carbonyl (C=O) groups excluding carboxylic acids is 1. The second-order valence-corrected chi connectivity index (χ2v) is 9.87. The first kappa shape index (κ1) is 28.7. The van der Waals surface area contributed by atoms with E-state index in [-0.39, 0.29) is 24.6 Å². The number of amides is 1. The molecule has 0 saturated carbocycles. The average molecular weight is 548 g/mol. The zero-order chi connectivity index (χ0) is 28.6. The fourth-order valence-electron chi connectivity index (χ4n) is 5.02. The number of carboxylic acids is 1. The molecule has 1 aliphatic heterocycles.